The Labute approximate surface area is 108 Å². The molecule has 1 rings (SSSR count). The van der Waals surface area contributed by atoms with Crippen LogP contribution in [0.25, 0.3) is 0 Å². The van der Waals surface area contributed by atoms with E-state index in [1.54, 1.807) is 18.2 Å². The van der Waals surface area contributed by atoms with Gasteiger partial charge in [-0.2, -0.15) is 0 Å². The van der Waals surface area contributed by atoms with Crippen molar-refractivity contribution in [2.75, 3.05) is 14.2 Å². The molecule has 0 spiro atoms. The molecule has 1 aromatic carbocycles. The lowest BCUT2D eigenvalue weighted by Crippen LogP contribution is -2.21. The SMILES string of the molecule is COC(=O)C(C(C)=O)c1ccc(Br)cc1OC. The largest absolute Gasteiger partial charge is 0.496 e. The summed E-state index contributed by atoms with van der Waals surface area (Å²) in [5, 5.41) is 0. The summed E-state index contributed by atoms with van der Waals surface area (Å²) in [6.45, 7) is 1.35. The molecule has 0 aliphatic rings. The van der Waals surface area contributed by atoms with Crippen LogP contribution >= 0.6 is 15.9 Å². The van der Waals surface area contributed by atoms with Crippen LogP contribution in [0, 0.1) is 0 Å². The summed E-state index contributed by atoms with van der Waals surface area (Å²) in [7, 11) is 2.74. The molecular weight excluding hydrogens is 288 g/mol. The molecule has 1 aromatic rings. The first-order valence-corrected chi connectivity index (χ1v) is 5.72. The predicted octanol–water partition coefficient (Wildman–Crippen LogP) is 2.30. The van der Waals surface area contributed by atoms with Crippen LogP contribution in [-0.2, 0) is 14.3 Å². The number of halogens is 1. The minimum Gasteiger partial charge on any atom is -0.496 e. The van der Waals surface area contributed by atoms with E-state index in [-0.39, 0.29) is 5.78 Å². The summed E-state index contributed by atoms with van der Waals surface area (Å²) in [5.41, 5.74) is 0.509. The van der Waals surface area contributed by atoms with Crippen molar-refractivity contribution in [1.82, 2.24) is 0 Å². The van der Waals surface area contributed by atoms with Crippen LogP contribution in [0.4, 0.5) is 0 Å². The van der Waals surface area contributed by atoms with Gasteiger partial charge in [-0.3, -0.25) is 9.59 Å². The molecule has 0 radical (unpaired) electrons. The van der Waals surface area contributed by atoms with Gasteiger partial charge >= 0.3 is 5.97 Å². The number of esters is 1. The molecule has 5 heteroatoms. The maximum atomic E-state index is 11.6. The van der Waals surface area contributed by atoms with Gasteiger partial charge in [0, 0.05) is 10.0 Å². The highest BCUT2D eigenvalue weighted by molar-refractivity contribution is 9.10. The van der Waals surface area contributed by atoms with Gasteiger partial charge in [0.05, 0.1) is 14.2 Å². The lowest BCUT2D eigenvalue weighted by Gasteiger charge is -2.15. The van der Waals surface area contributed by atoms with Gasteiger partial charge in [-0.15, -0.1) is 0 Å². The average molecular weight is 301 g/mol. The van der Waals surface area contributed by atoms with E-state index in [1.807, 2.05) is 0 Å². The lowest BCUT2D eigenvalue weighted by molar-refractivity contribution is -0.145. The molecule has 0 amide bonds. The van der Waals surface area contributed by atoms with E-state index in [1.165, 1.54) is 21.1 Å². The van der Waals surface area contributed by atoms with E-state index in [9.17, 15) is 9.59 Å². The van der Waals surface area contributed by atoms with Gasteiger partial charge in [0.25, 0.3) is 0 Å². The zero-order chi connectivity index (χ0) is 13.0. The number of ketones is 1. The van der Waals surface area contributed by atoms with Crippen LogP contribution in [0.2, 0.25) is 0 Å². The second kappa shape index (κ2) is 5.82. The molecule has 92 valence electrons. The van der Waals surface area contributed by atoms with Crippen molar-refractivity contribution in [2.24, 2.45) is 0 Å². The van der Waals surface area contributed by atoms with Crippen molar-refractivity contribution >= 4 is 27.7 Å². The maximum absolute atomic E-state index is 11.6. The summed E-state index contributed by atoms with van der Waals surface area (Å²) in [6, 6.07) is 5.12. The molecule has 0 bridgehead atoms. The third-order valence-corrected chi connectivity index (χ3v) is 2.84. The maximum Gasteiger partial charge on any atom is 0.320 e. The van der Waals surface area contributed by atoms with E-state index in [0.717, 1.165) is 4.47 Å². The first-order valence-electron chi connectivity index (χ1n) is 4.93. The molecule has 0 heterocycles. The number of benzene rings is 1. The number of hydrogen-bond acceptors (Lipinski definition) is 4. The molecule has 0 saturated heterocycles. The van der Waals surface area contributed by atoms with Crippen molar-refractivity contribution in [3.8, 4) is 5.75 Å². The minimum absolute atomic E-state index is 0.280. The molecule has 1 unspecified atom stereocenters. The highest BCUT2D eigenvalue weighted by Gasteiger charge is 2.29. The Morgan fingerprint density at radius 1 is 1.29 bits per heavy atom. The van der Waals surface area contributed by atoms with E-state index < -0.39 is 11.9 Å². The molecular formula is C12H13BrO4. The number of carbonyl (C=O) groups is 2. The van der Waals surface area contributed by atoms with Crippen molar-refractivity contribution in [1.29, 1.82) is 0 Å². The summed E-state index contributed by atoms with van der Waals surface area (Å²) < 4.78 is 10.6. The first kappa shape index (κ1) is 13.7. The number of carbonyl (C=O) groups excluding carboxylic acids is 2. The fraction of sp³-hybridized carbons (Fsp3) is 0.333. The molecule has 0 aliphatic heterocycles. The average Bonchev–Trinajstić information content (AvgIpc) is 2.30. The van der Waals surface area contributed by atoms with Crippen LogP contribution in [0.1, 0.15) is 18.4 Å². The fourth-order valence-corrected chi connectivity index (χ4v) is 1.89. The van der Waals surface area contributed by atoms with Gasteiger partial charge in [0.15, 0.2) is 0 Å². The van der Waals surface area contributed by atoms with Gasteiger partial charge in [-0.1, -0.05) is 22.0 Å². The summed E-state index contributed by atoms with van der Waals surface area (Å²) in [5.74, 6) is -1.33. The van der Waals surface area contributed by atoms with E-state index in [0.29, 0.717) is 11.3 Å². The Morgan fingerprint density at radius 3 is 2.41 bits per heavy atom. The van der Waals surface area contributed by atoms with Gasteiger partial charge in [0.2, 0.25) is 0 Å². The molecule has 0 N–H and O–H groups in total. The van der Waals surface area contributed by atoms with Crippen molar-refractivity contribution in [3.05, 3.63) is 28.2 Å². The van der Waals surface area contributed by atoms with Crippen LogP contribution in [-0.4, -0.2) is 26.0 Å². The van der Waals surface area contributed by atoms with Crippen molar-refractivity contribution < 1.29 is 19.1 Å². The third kappa shape index (κ3) is 3.06. The molecule has 0 saturated carbocycles. The second-order valence-corrected chi connectivity index (χ2v) is 4.37. The van der Waals surface area contributed by atoms with Crippen molar-refractivity contribution in [3.63, 3.8) is 0 Å². The van der Waals surface area contributed by atoms with Gasteiger partial charge in [0.1, 0.15) is 17.5 Å². The number of hydrogen-bond donors (Lipinski definition) is 0. The topological polar surface area (TPSA) is 52.6 Å². The first-order chi connectivity index (χ1) is 8.01. The van der Waals surface area contributed by atoms with Crippen LogP contribution in [0.5, 0.6) is 5.75 Å². The highest BCUT2D eigenvalue weighted by Crippen LogP contribution is 2.31. The quantitative estimate of drug-likeness (QED) is 0.632. The molecule has 1 atom stereocenters. The molecule has 0 aromatic heterocycles. The molecule has 0 fully saturated rings. The Morgan fingerprint density at radius 2 is 1.94 bits per heavy atom. The standard InChI is InChI=1S/C12H13BrO4/c1-7(14)11(12(15)17-3)9-5-4-8(13)6-10(9)16-2/h4-6,11H,1-3H3. The smallest absolute Gasteiger partial charge is 0.320 e. The predicted molar refractivity (Wildman–Crippen MR) is 66.1 cm³/mol. The van der Waals surface area contributed by atoms with E-state index in [4.69, 9.17) is 4.74 Å². The van der Waals surface area contributed by atoms with Gasteiger partial charge in [-0.25, -0.2) is 0 Å². The molecule has 4 nitrogen and oxygen atoms in total. The van der Waals surface area contributed by atoms with Crippen LogP contribution in [0.3, 0.4) is 0 Å². The Bertz CT molecular complexity index is 442. The molecule has 17 heavy (non-hydrogen) atoms. The fourth-order valence-electron chi connectivity index (χ4n) is 1.55. The normalized spacial score (nSPS) is 11.8. The number of ether oxygens (including phenoxy) is 2. The Balaban J connectivity index is 3.27. The minimum atomic E-state index is -0.942. The van der Waals surface area contributed by atoms with E-state index in [2.05, 4.69) is 20.7 Å². The zero-order valence-electron chi connectivity index (χ0n) is 9.82. The number of rotatable bonds is 4. The van der Waals surface area contributed by atoms with Gasteiger partial charge < -0.3 is 9.47 Å². The third-order valence-electron chi connectivity index (χ3n) is 2.35. The number of methoxy groups -OCH3 is 2. The lowest BCUT2D eigenvalue weighted by atomic mass is 9.94. The number of Topliss-reactive ketones (excluding diaryl/α,β-unsaturated/α-hetero) is 1. The Kier molecular flexibility index (Phi) is 4.69. The van der Waals surface area contributed by atoms with Crippen LogP contribution in [0.15, 0.2) is 22.7 Å². The highest BCUT2D eigenvalue weighted by atomic mass is 79.9. The van der Waals surface area contributed by atoms with Gasteiger partial charge in [-0.05, 0) is 19.1 Å². The Hall–Kier alpha value is -1.36. The summed E-state index contributed by atoms with van der Waals surface area (Å²) >= 11 is 3.30. The zero-order valence-corrected chi connectivity index (χ0v) is 11.4. The van der Waals surface area contributed by atoms with E-state index >= 15 is 0 Å². The summed E-state index contributed by atoms with van der Waals surface area (Å²) in [6.07, 6.45) is 0. The van der Waals surface area contributed by atoms with Crippen LogP contribution < -0.4 is 4.74 Å². The monoisotopic (exact) mass is 300 g/mol. The van der Waals surface area contributed by atoms with Crippen molar-refractivity contribution in [2.45, 2.75) is 12.8 Å². The summed E-state index contributed by atoms with van der Waals surface area (Å²) in [4.78, 5) is 23.1. The molecule has 0 aliphatic carbocycles. The second-order valence-electron chi connectivity index (χ2n) is 3.45.